The van der Waals surface area contributed by atoms with E-state index in [1.54, 1.807) is 30.5 Å². The fraction of sp³-hybridized carbons (Fsp3) is 0.188. The molecule has 0 saturated heterocycles. The molecule has 24 heavy (non-hydrogen) atoms. The Morgan fingerprint density at radius 3 is 2.71 bits per heavy atom. The number of Topliss-reactive ketones (excluding diaryl/α,β-unsaturated/α-hetero) is 1. The number of benzene rings is 1. The minimum Gasteiger partial charge on any atom is -0.321 e. The molecule has 0 bridgehead atoms. The van der Waals surface area contributed by atoms with E-state index >= 15 is 0 Å². The van der Waals surface area contributed by atoms with Crippen LogP contribution in [0.3, 0.4) is 0 Å². The van der Waals surface area contributed by atoms with E-state index < -0.39 is 10.0 Å². The number of pyridine rings is 1. The Kier molecular flexibility index (Phi) is 4.06. The molecular weight excluding hydrogens is 328 g/mol. The van der Waals surface area contributed by atoms with Crippen LogP contribution in [0.1, 0.15) is 24.2 Å². The summed E-state index contributed by atoms with van der Waals surface area (Å²) in [4.78, 5) is 19.9. The van der Waals surface area contributed by atoms with Crippen molar-refractivity contribution in [1.29, 1.82) is 0 Å². The molecule has 0 saturated carbocycles. The van der Waals surface area contributed by atoms with Gasteiger partial charge < -0.3 is 4.57 Å². The van der Waals surface area contributed by atoms with Crippen molar-refractivity contribution in [2.24, 2.45) is 0 Å². The standard InChI is InChI=1S/C16H16N4O3S/c1-3-20-10-9-18-16(20)24(22,23)19-14-6-4-5-13-12(11(2)21)7-8-17-15(13)14/h4-10,19H,3H2,1-2H3. The molecule has 0 atom stereocenters. The van der Waals surface area contributed by atoms with Gasteiger partial charge in [0.15, 0.2) is 5.78 Å². The number of nitrogens with zero attached hydrogens (tertiary/aromatic N) is 3. The van der Waals surface area contributed by atoms with Crippen molar-refractivity contribution >= 4 is 32.4 Å². The van der Waals surface area contributed by atoms with Gasteiger partial charge in [0.1, 0.15) is 0 Å². The van der Waals surface area contributed by atoms with E-state index in [9.17, 15) is 13.2 Å². The highest BCUT2D eigenvalue weighted by molar-refractivity contribution is 7.92. The zero-order chi connectivity index (χ0) is 17.3. The Labute approximate surface area is 139 Å². The summed E-state index contributed by atoms with van der Waals surface area (Å²) in [6, 6.07) is 6.65. The molecule has 0 unspecified atom stereocenters. The molecule has 1 aromatic carbocycles. The second kappa shape index (κ2) is 6.04. The van der Waals surface area contributed by atoms with Crippen molar-refractivity contribution in [3.63, 3.8) is 0 Å². The van der Waals surface area contributed by atoms with Gasteiger partial charge in [0.05, 0.1) is 11.2 Å². The van der Waals surface area contributed by atoms with Crippen LogP contribution >= 0.6 is 0 Å². The lowest BCUT2D eigenvalue weighted by molar-refractivity contribution is 0.101. The molecule has 8 heteroatoms. The number of nitrogens with one attached hydrogen (secondary N) is 1. The molecule has 124 valence electrons. The second-order valence-corrected chi connectivity index (χ2v) is 6.79. The Morgan fingerprint density at radius 1 is 1.21 bits per heavy atom. The minimum atomic E-state index is -3.86. The summed E-state index contributed by atoms with van der Waals surface area (Å²) in [6.45, 7) is 3.78. The maximum Gasteiger partial charge on any atom is 0.295 e. The Morgan fingerprint density at radius 2 is 2.00 bits per heavy atom. The number of imidazole rings is 1. The summed E-state index contributed by atoms with van der Waals surface area (Å²) < 4.78 is 29.3. The molecule has 3 rings (SSSR count). The SMILES string of the molecule is CCn1ccnc1S(=O)(=O)Nc1cccc2c(C(C)=O)ccnc12. The van der Waals surface area contributed by atoms with Crippen LogP contribution in [0, 0.1) is 0 Å². The van der Waals surface area contributed by atoms with Gasteiger partial charge >= 0.3 is 0 Å². The van der Waals surface area contributed by atoms with Gasteiger partial charge in [-0.25, -0.2) is 4.98 Å². The van der Waals surface area contributed by atoms with E-state index in [4.69, 9.17) is 0 Å². The number of hydrogen-bond acceptors (Lipinski definition) is 5. The lowest BCUT2D eigenvalue weighted by Gasteiger charge is -2.11. The molecule has 2 heterocycles. The van der Waals surface area contributed by atoms with Crippen LogP contribution in [0.5, 0.6) is 0 Å². The molecule has 0 fully saturated rings. The third-order valence-corrected chi connectivity index (χ3v) is 4.96. The normalized spacial score (nSPS) is 11.6. The van der Waals surface area contributed by atoms with Gasteiger partial charge in [-0.05, 0) is 26.0 Å². The summed E-state index contributed by atoms with van der Waals surface area (Å²) in [5.74, 6) is -0.107. The molecule has 7 nitrogen and oxygen atoms in total. The highest BCUT2D eigenvalue weighted by Crippen LogP contribution is 2.26. The van der Waals surface area contributed by atoms with E-state index in [1.165, 1.54) is 23.9 Å². The summed E-state index contributed by atoms with van der Waals surface area (Å²) in [5.41, 5.74) is 1.22. The maximum absolute atomic E-state index is 12.6. The number of carbonyl (C=O) groups excluding carboxylic acids is 1. The number of aryl methyl sites for hydroxylation is 1. The van der Waals surface area contributed by atoms with Gasteiger partial charge in [-0.3, -0.25) is 14.5 Å². The molecule has 3 aromatic rings. The van der Waals surface area contributed by atoms with Crippen LogP contribution in [0.25, 0.3) is 10.9 Å². The van der Waals surface area contributed by atoms with Crippen LogP contribution < -0.4 is 4.72 Å². The first-order chi connectivity index (χ1) is 11.4. The van der Waals surface area contributed by atoms with Gasteiger partial charge in [0, 0.05) is 36.1 Å². The van der Waals surface area contributed by atoms with E-state index in [0.29, 0.717) is 28.7 Å². The zero-order valence-electron chi connectivity index (χ0n) is 13.2. The largest absolute Gasteiger partial charge is 0.321 e. The number of carbonyl (C=O) groups is 1. The fourth-order valence-electron chi connectivity index (χ4n) is 2.54. The van der Waals surface area contributed by atoms with Crippen LogP contribution in [0.2, 0.25) is 0 Å². The molecule has 0 amide bonds. The third-order valence-electron chi connectivity index (χ3n) is 3.65. The van der Waals surface area contributed by atoms with Crippen molar-refractivity contribution in [1.82, 2.24) is 14.5 Å². The van der Waals surface area contributed by atoms with Gasteiger partial charge in [0.2, 0.25) is 5.16 Å². The van der Waals surface area contributed by atoms with Crippen molar-refractivity contribution in [3.05, 3.63) is 48.4 Å². The van der Waals surface area contributed by atoms with Crippen LogP contribution in [0.15, 0.2) is 48.0 Å². The van der Waals surface area contributed by atoms with Crippen molar-refractivity contribution in [2.45, 2.75) is 25.5 Å². The molecular formula is C16H16N4O3S. The summed E-state index contributed by atoms with van der Waals surface area (Å²) in [7, 11) is -3.86. The average Bonchev–Trinajstić information content (AvgIpc) is 3.04. The van der Waals surface area contributed by atoms with Gasteiger partial charge in [-0.1, -0.05) is 12.1 Å². The maximum atomic E-state index is 12.6. The van der Waals surface area contributed by atoms with Crippen molar-refractivity contribution in [2.75, 3.05) is 4.72 Å². The van der Waals surface area contributed by atoms with Gasteiger partial charge in [-0.2, -0.15) is 8.42 Å². The lowest BCUT2D eigenvalue weighted by Crippen LogP contribution is -2.18. The predicted molar refractivity (Wildman–Crippen MR) is 90.5 cm³/mol. The Balaban J connectivity index is 2.11. The first-order valence-electron chi connectivity index (χ1n) is 7.36. The van der Waals surface area contributed by atoms with Gasteiger partial charge in [0.25, 0.3) is 10.0 Å². The fourth-order valence-corrected chi connectivity index (χ4v) is 3.78. The van der Waals surface area contributed by atoms with E-state index in [-0.39, 0.29) is 10.9 Å². The number of anilines is 1. The van der Waals surface area contributed by atoms with Crippen LogP contribution in [-0.2, 0) is 16.6 Å². The number of fused-ring (bicyclic) bond motifs is 1. The number of hydrogen-bond donors (Lipinski definition) is 1. The number of rotatable bonds is 5. The Bertz CT molecular complexity index is 1020. The molecule has 0 aliphatic rings. The molecule has 0 aliphatic heterocycles. The van der Waals surface area contributed by atoms with E-state index in [0.717, 1.165) is 0 Å². The highest BCUT2D eigenvalue weighted by Gasteiger charge is 2.21. The molecule has 0 aliphatic carbocycles. The van der Waals surface area contributed by atoms with Crippen LogP contribution in [0.4, 0.5) is 5.69 Å². The van der Waals surface area contributed by atoms with Crippen molar-refractivity contribution in [3.8, 4) is 0 Å². The average molecular weight is 344 g/mol. The number of ketones is 1. The number of para-hydroxylation sites is 1. The lowest BCUT2D eigenvalue weighted by atomic mass is 10.1. The Hall–Kier alpha value is -2.74. The minimum absolute atomic E-state index is 0.0651. The smallest absolute Gasteiger partial charge is 0.295 e. The van der Waals surface area contributed by atoms with Crippen molar-refractivity contribution < 1.29 is 13.2 Å². The monoisotopic (exact) mass is 344 g/mol. The zero-order valence-corrected chi connectivity index (χ0v) is 14.0. The first-order valence-corrected chi connectivity index (χ1v) is 8.85. The number of sulfonamides is 1. The molecule has 0 spiro atoms. The van der Waals surface area contributed by atoms with Gasteiger partial charge in [-0.15, -0.1) is 0 Å². The summed E-state index contributed by atoms with van der Waals surface area (Å²) in [6.07, 6.45) is 4.53. The second-order valence-electron chi connectivity index (χ2n) is 5.22. The third kappa shape index (κ3) is 2.76. The molecule has 2 aromatic heterocycles. The number of aromatic nitrogens is 3. The van der Waals surface area contributed by atoms with Crippen LogP contribution in [-0.4, -0.2) is 28.7 Å². The summed E-state index contributed by atoms with van der Waals surface area (Å²) >= 11 is 0. The first kappa shape index (κ1) is 16.1. The highest BCUT2D eigenvalue weighted by atomic mass is 32.2. The summed E-state index contributed by atoms with van der Waals surface area (Å²) in [5, 5.41) is 0.536. The topological polar surface area (TPSA) is 94.0 Å². The predicted octanol–water partition coefficient (Wildman–Crippen LogP) is 2.45. The quantitative estimate of drug-likeness (QED) is 0.718. The van der Waals surface area contributed by atoms with E-state index in [1.807, 2.05) is 6.92 Å². The van der Waals surface area contributed by atoms with E-state index in [2.05, 4.69) is 14.7 Å². The molecule has 0 radical (unpaired) electrons. The molecule has 1 N–H and O–H groups in total.